The minimum atomic E-state index is -0.643. The normalized spacial score (nSPS) is 19.7. The van der Waals surface area contributed by atoms with Crippen LogP contribution in [0, 0.1) is 11.3 Å². The Morgan fingerprint density at radius 2 is 2.31 bits per heavy atom. The van der Waals surface area contributed by atoms with Crippen molar-refractivity contribution in [3.8, 4) is 6.07 Å². The van der Waals surface area contributed by atoms with Crippen LogP contribution in [0.2, 0.25) is 5.02 Å². The molecule has 0 aliphatic carbocycles. The summed E-state index contributed by atoms with van der Waals surface area (Å²) < 4.78 is 15.4. The predicted molar refractivity (Wildman–Crippen MR) is 98.9 cm³/mol. The van der Waals surface area contributed by atoms with Gasteiger partial charge in [-0.15, -0.1) is 0 Å². The molecule has 0 bridgehead atoms. The molecule has 0 amide bonds. The molecule has 2 aliphatic heterocycles. The summed E-state index contributed by atoms with van der Waals surface area (Å²) in [6.45, 7) is 3.71. The number of fused-ring (bicyclic) bond motifs is 1. The molecule has 26 heavy (non-hydrogen) atoms. The summed E-state index contributed by atoms with van der Waals surface area (Å²) in [5, 5.41) is 10.8. The number of carbonyl (C=O) groups excluding carboxylic acids is 1. The summed E-state index contributed by atoms with van der Waals surface area (Å²) in [5.74, 6) is -0.643. The maximum absolute atomic E-state index is 12.4. The summed E-state index contributed by atoms with van der Waals surface area (Å²) in [4.78, 5) is 15.3. The number of unbranched alkanes of at least 4 members (excludes halogenated alkanes) is 1. The fraction of sp³-hybridized carbons (Fsp3) is 0.444. The predicted octanol–water partition coefficient (Wildman–Crippen LogP) is 3.70. The van der Waals surface area contributed by atoms with Crippen molar-refractivity contribution in [3.63, 3.8) is 0 Å². The lowest BCUT2D eigenvalue weighted by Crippen LogP contribution is -2.23. The van der Waals surface area contributed by atoms with Gasteiger partial charge in [0.2, 0.25) is 0 Å². The van der Waals surface area contributed by atoms with Gasteiger partial charge in [-0.25, -0.2) is 4.79 Å². The standard InChI is InChI=1S/C18H19ClN2O4S/c1-2-3-6-21-14-5-4-12(19)9-15(14)26-17(21)13(10-20)18(22)24-8-7-23-16-11-25-16/h4-5,9,16H,2-3,6-8,11H2,1H3. The second-order valence-electron chi connectivity index (χ2n) is 5.78. The highest BCUT2D eigenvalue weighted by molar-refractivity contribution is 8.03. The number of anilines is 1. The molecule has 1 fully saturated rings. The highest BCUT2D eigenvalue weighted by Gasteiger charge is 2.31. The third-order valence-electron chi connectivity index (χ3n) is 3.85. The van der Waals surface area contributed by atoms with Crippen LogP contribution in [0.4, 0.5) is 5.69 Å². The molecule has 2 aliphatic rings. The average Bonchev–Trinajstić information content (AvgIpc) is 3.39. The summed E-state index contributed by atoms with van der Waals surface area (Å²) in [5.41, 5.74) is 0.957. The van der Waals surface area contributed by atoms with Gasteiger partial charge in [-0.2, -0.15) is 5.26 Å². The van der Waals surface area contributed by atoms with E-state index in [0.717, 1.165) is 23.4 Å². The first-order valence-corrected chi connectivity index (χ1v) is 9.63. The highest BCUT2D eigenvalue weighted by atomic mass is 35.5. The van der Waals surface area contributed by atoms with Crippen molar-refractivity contribution in [1.82, 2.24) is 0 Å². The lowest BCUT2D eigenvalue weighted by atomic mass is 10.2. The maximum atomic E-state index is 12.4. The number of nitrogens with zero attached hydrogens (tertiary/aromatic N) is 2. The topological polar surface area (TPSA) is 75.1 Å². The van der Waals surface area contributed by atoms with Gasteiger partial charge in [-0.3, -0.25) is 0 Å². The van der Waals surface area contributed by atoms with Crippen molar-refractivity contribution < 1.29 is 19.0 Å². The van der Waals surface area contributed by atoms with Gasteiger partial charge in [0.15, 0.2) is 11.9 Å². The second-order valence-corrected chi connectivity index (χ2v) is 7.25. The lowest BCUT2D eigenvalue weighted by Gasteiger charge is -2.21. The number of thioether (sulfide) groups is 1. The van der Waals surface area contributed by atoms with Crippen LogP contribution in [-0.4, -0.2) is 38.6 Å². The molecule has 3 rings (SSSR count). The van der Waals surface area contributed by atoms with E-state index in [1.807, 2.05) is 29.2 Å². The Kier molecular flexibility index (Phi) is 6.43. The molecule has 1 unspecified atom stereocenters. The molecule has 0 N–H and O–H groups in total. The van der Waals surface area contributed by atoms with Crippen molar-refractivity contribution in [3.05, 3.63) is 33.8 Å². The van der Waals surface area contributed by atoms with Gasteiger partial charge in [0.25, 0.3) is 0 Å². The van der Waals surface area contributed by atoms with E-state index in [2.05, 4.69) is 6.92 Å². The van der Waals surface area contributed by atoms with Gasteiger partial charge >= 0.3 is 5.97 Å². The van der Waals surface area contributed by atoms with Crippen LogP contribution in [0.1, 0.15) is 19.8 Å². The number of ether oxygens (including phenoxy) is 3. The minimum absolute atomic E-state index is 0.00102. The van der Waals surface area contributed by atoms with E-state index in [-0.39, 0.29) is 25.1 Å². The summed E-state index contributed by atoms with van der Waals surface area (Å²) in [6.07, 6.45) is 1.76. The molecule has 0 spiro atoms. The van der Waals surface area contributed by atoms with E-state index in [4.69, 9.17) is 25.8 Å². The van der Waals surface area contributed by atoms with Crippen molar-refractivity contribution >= 4 is 35.0 Å². The van der Waals surface area contributed by atoms with Crippen LogP contribution >= 0.6 is 23.4 Å². The first-order chi connectivity index (χ1) is 12.6. The fourth-order valence-corrected chi connectivity index (χ4v) is 3.93. The smallest absolute Gasteiger partial charge is 0.351 e. The Morgan fingerprint density at radius 1 is 1.50 bits per heavy atom. The van der Waals surface area contributed by atoms with Crippen LogP contribution in [0.5, 0.6) is 0 Å². The molecule has 1 aromatic carbocycles. The van der Waals surface area contributed by atoms with Crippen LogP contribution in [0.3, 0.4) is 0 Å². The Labute approximate surface area is 161 Å². The van der Waals surface area contributed by atoms with Crippen LogP contribution < -0.4 is 4.90 Å². The van der Waals surface area contributed by atoms with E-state index in [0.29, 0.717) is 23.2 Å². The molecular formula is C18H19ClN2O4S. The van der Waals surface area contributed by atoms with Crippen LogP contribution in [-0.2, 0) is 19.0 Å². The lowest BCUT2D eigenvalue weighted by molar-refractivity contribution is -0.140. The largest absolute Gasteiger partial charge is 0.459 e. The molecule has 6 nitrogen and oxygen atoms in total. The van der Waals surface area contributed by atoms with Gasteiger partial charge in [-0.05, 0) is 24.6 Å². The zero-order valence-electron chi connectivity index (χ0n) is 14.4. The molecule has 2 heterocycles. The molecule has 8 heteroatoms. The SMILES string of the molecule is CCCCN1C(=C(C#N)C(=O)OCCOC2CO2)Sc2cc(Cl)ccc21. The van der Waals surface area contributed by atoms with E-state index < -0.39 is 5.97 Å². The van der Waals surface area contributed by atoms with Gasteiger partial charge < -0.3 is 19.1 Å². The zero-order valence-corrected chi connectivity index (χ0v) is 15.9. The van der Waals surface area contributed by atoms with Crippen LogP contribution in [0.25, 0.3) is 0 Å². The number of rotatable bonds is 8. The molecule has 0 aromatic heterocycles. The molecule has 138 valence electrons. The van der Waals surface area contributed by atoms with E-state index >= 15 is 0 Å². The van der Waals surface area contributed by atoms with Gasteiger partial charge in [-0.1, -0.05) is 36.7 Å². The summed E-state index contributed by atoms with van der Waals surface area (Å²) >= 11 is 7.46. The molecule has 0 saturated carbocycles. The Bertz CT molecular complexity index is 758. The summed E-state index contributed by atoms with van der Waals surface area (Å²) in [6, 6.07) is 7.57. The van der Waals surface area contributed by atoms with Gasteiger partial charge in [0, 0.05) is 16.5 Å². The number of epoxide rings is 1. The number of hydrogen-bond donors (Lipinski definition) is 0. The monoisotopic (exact) mass is 394 g/mol. The Hall–Kier alpha value is -1.72. The Balaban J connectivity index is 1.77. The van der Waals surface area contributed by atoms with Crippen LogP contribution in [0.15, 0.2) is 33.7 Å². The Morgan fingerprint density at radius 3 is 3.00 bits per heavy atom. The van der Waals surface area contributed by atoms with Crippen molar-refractivity contribution in [2.45, 2.75) is 31.0 Å². The maximum Gasteiger partial charge on any atom is 0.351 e. The summed E-state index contributed by atoms with van der Waals surface area (Å²) in [7, 11) is 0. The van der Waals surface area contributed by atoms with Crippen molar-refractivity contribution in [1.29, 1.82) is 5.26 Å². The number of esters is 1. The molecular weight excluding hydrogens is 376 g/mol. The van der Waals surface area contributed by atoms with Crippen molar-refractivity contribution in [2.24, 2.45) is 0 Å². The quantitative estimate of drug-likeness (QED) is 0.219. The van der Waals surface area contributed by atoms with E-state index in [1.165, 1.54) is 11.8 Å². The highest BCUT2D eigenvalue weighted by Crippen LogP contribution is 2.48. The number of halogens is 1. The van der Waals surface area contributed by atoms with Gasteiger partial charge in [0.05, 0.1) is 12.3 Å². The first-order valence-electron chi connectivity index (χ1n) is 8.43. The second kappa shape index (κ2) is 8.78. The molecule has 1 saturated heterocycles. The first kappa shape index (κ1) is 19.1. The van der Waals surface area contributed by atoms with Crippen molar-refractivity contribution in [2.75, 3.05) is 31.3 Å². The fourth-order valence-electron chi connectivity index (χ4n) is 2.49. The number of carbonyl (C=O) groups is 1. The number of nitriles is 1. The molecule has 1 atom stereocenters. The van der Waals surface area contributed by atoms with E-state index in [1.54, 1.807) is 0 Å². The molecule has 0 radical (unpaired) electrons. The average molecular weight is 395 g/mol. The minimum Gasteiger partial charge on any atom is -0.459 e. The number of hydrogen-bond acceptors (Lipinski definition) is 7. The van der Waals surface area contributed by atoms with Gasteiger partial charge in [0.1, 0.15) is 24.3 Å². The van der Waals surface area contributed by atoms with E-state index in [9.17, 15) is 10.1 Å². The number of benzene rings is 1. The zero-order chi connectivity index (χ0) is 18.5. The third kappa shape index (κ3) is 4.51. The molecule has 1 aromatic rings. The third-order valence-corrected chi connectivity index (χ3v) is 5.25.